The van der Waals surface area contributed by atoms with Gasteiger partial charge in [0.1, 0.15) is 29.1 Å². The van der Waals surface area contributed by atoms with E-state index in [-0.39, 0.29) is 11.1 Å². The Morgan fingerprint density at radius 3 is 2.28 bits per heavy atom. The molecule has 1 saturated carbocycles. The zero-order valence-corrected chi connectivity index (χ0v) is 18.4. The molecular weight excluding hydrogens is 407 g/mol. The fraction of sp³-hybridized carbons (Fsp3) is 0.393. The average Bonchev–Trinajstić information content (AvgIpc) is 2.79. The SMILES string of the molecule is CCCCCC1CCC(c2ccc3c(F)c(-c4cc(F)c(C#N)c(F)c4)ccc3c2)CC1. The van der Waals surface area contributed by atoms with Crippen LogP contribution < -0.4 is 0 Å². The van der Waals surface area contributed by atoms with E-state index < -0.39 is 23.0 Å². The van der Waals surface area contributed by atoms with Gasteiger partial charge < -0.3 is 0 Å². The quantitative estimate of drug-likeness (QED) is 0.355. The number of rotatable bonds is 6. The summed E-state index contributed by atoms with van der Waals surface area (Å²) in [5, 5.41) is 10.1. The highest BCUT2D eigenvalue weighted by atomic mass is 19.1. The van der Waals surface area contributed by atoms with E-state index >= 15 is 4.39 Å². The third kappa shape index (κ3) is 4.53. The van der Waals surface area contributed by atoms with E-state index in [4.69, 9.17) is 5.26 Å². The number of nitrogens with zero attached hydrogens (tertiary/aromatic N) is 1. The minimum atomic E-state index is -0.984. The van der Waals surface area contributed by atoms with Gasteiger partial charge in [0.2, 0.25) is 0 Å². The summed E-state index contributed by atoms with van der Waals surface area (Å²) in [6.07, 6.45) is 10.1. The zero-order chi connectivity index (χ0) is 22.7. The van der Waals surface area contributed by atoms with E-state index in [2.05, 4.69) is 13.0 Å². The minimum absolute atomic E-state index is 0.0869. The zero-order valence-electron chi connectivity index (χ0n) is 18.4. The van der Waals surface area contributed by atoms with Crippen LogP contribution in [0.25, 0.3) is 21.9 Å². The Hall–Kier alpha value is -2.80. The van der Waals surface area contributed by atoms with Gasteiger partial charge in [-0.1, -0.05) is 62.9 Å². The number of hydrogen-bond donors (Lipinski definition) is 0. The molecule has 1 fully saturated rings. The topological polar surface area (TPSA) is 23.8 Å². The maximum atomic E-state index is 15.3. The van der Waals surface area contributed by atoms with Gasteiger partial charge in [0, 0.05) is 10.9 Å². The number of hydrogen-bond acceptors (Lipinski definition) is 1. The van der Waals surface area contributed by atoms with Crippen LogP contribution in [0.5, 0.6) is 0 Å². The third-order valence-corrected chi connectivity index (χ3v) is 6.98. The van der Waals surface area contributed by atoms with Gasteiger partial charge in [-0.05, 0) is 66.2 Å². The molecule has 0 unspecified atom stereocenters. The molecule has 3 aromatic carbocycles. The first kappa shape index (κ1) is 22.4. The second-order valence-electron chi connectivity index (χ2n) is 9.05. The predicted molar refractivity (Wildman–Crippen MR) is 123 cm³/mol. The first-order chi connectivity index (χ1) is 15.5. The van der Waals surface area contributed by atoms with Crippen molar-refractivity contribution in [1.82, 2.24) is 0 Å². The van der Waals surface area contributed by atoms with Gasteiger partial charge in [-0.3, -0.25) is 0 Å². The Balaban J connectivity index is 1.55. The Morgan fingerprint density at radius 2 is 1.62 bits per heavy atom. The fourth-order valence-corrected chi connectivity index (χ4v) is 5.09. The molecule has 0 N–H and O–H groups in total. The molecule has 1 nitrogen and oxygen atoms in total. The number of halogens is 3. The van der Waals surface area contributed by atoms with E-state index in [1.54, 1.807) is 12.1 Å². The molecule has 0 aromatic heterocycles. The van der Waals surface area contributed by atoms with Crippen molar-refractivity contribution in [2.75, 3.05) is 0 Å². The van der Waals surface area contributed by atoms with Crippen molar-refractivity contribution >= 4 is 10.8 Å². The summed E-state index contributed by atoms with van der Waals surface area (Å²) >= 11 is 0. The molecule has 0 radical (unpaired) electrons. The van der Waals surface area contributed by atoms with Gasteiger partial charge in [-0.2, -0.15) is 5.26 Å². The van der Waals surface area contributed by atoms with E-state index in [1.807, 2.05) is 12.1 Å². The van der Waals surface area contributed by atoms with Gasteiger partial charge in [-0.25, -0.2) is 13.2 Å². The minimum Gasteiger partial charge on any atom is -0.206 e. The highest BCUT2D eigenvalue weighted by Gasteiger charge is 2.23. The van der Waals surface area contributed by atoms with Crippen LogP contribution in [0, 0.1) is 34.7 Å². The van der Waals surface area contributed by atoms with Crippen molar-refractivity contribution in [3.63, 3.8) is 0 Å². The summed E-state index contributed by atoms with van der Waals surface area (Å²) in [7, 11) is 0. The van der Waals surface area contributed by atoms with Crippen molar-refractivity contribution in [1.29, 1.82) is 5.26 Å². The first-order valence-corrected chi connectivity index (χ1v) is 11.6. The second-order valence-corrected chi connectivity index (χ2v) is 9.05. The maximum Gasteiger partial charge on any atom is 0.144 e. The number of fused-ring (bicyclic) bond motifs is 1. The van der Waals surface area contributed by atoms with Gasteiger partial charge in [-0.15, -0.1) is 0 Å². The third-order valence-electron chi connectivity index (χ3n) is 6.98. The molecule has 166 valence electrons. The summed E-state index contributed by atoms with van der Waals surface area (Å²) in [4.78, 5) is 0. The van der Waals surface area contributed by atoms with Gasteiger partial charge >= 0.3 is 0 Å². The normalized spacial score (nSPS) is 18.6. The molecule has 1 aliphatic rings. The lowest BCUT2D eigenvalue weighted by molar-refractivity contribution is 0.303. The highest BCUT2D eigenvalue weighted by Crippen LogP contribution is 2.39. The van der Waals surface area contributed by atoms with Crippen LogP contribution in [0.4, 0.5) is 13.2 Å². The van der Waals surface area contributed by atoms with Gasteiger partial charge in [0.05, 0.1) is 0 Å². The van der Waals surface area contributed by atoms with Gasteiger partial charge in [0.25, 0.3) is 0 Å². The standard InChI is InChI=1S/C28H28F3N/c1-2-3-4-5-18-6-8-19(9-7-18)20-10-12-23-21(14-20)11-13-24(28(23)31)22-15-26(29)25(17-32)27(30)16-22/h10-16,18-19H,2-9H2,1H3. The van der Waals surface area contributed by atoms with E-state index in [0.29, 0.717) is 11.3 Å². The molecule has 0 aliphatic heterocycles. The Labute approximate surface area is 187 Å². The monoisotopic (exact) mass is 435 g/mol. The number of nitriles is 1. The first-order valence-electron chi connectivity index (χ1n) is 11.6. The van der Waals surface area contributed by atoms with Crippen molar-refractivity contribution in [2.24, 2.45) is 5.92 Å². The molecule has 0 atom stereocenters. The number of benzene rings is 3. The molecule has 32 heavy (non-hydrogen) atoms. The Bertz CT molecular complexity index is 1130. The molecule has 1 aliphatic carbocycles. The molecule has 0 bridgehead atoms. The van der Waals surface area contributed by atoms with Crippen LogP contribution >= 0.6 is 0 Å². The largest absolute Gasteiger partial charge is 0.206 e. The molecule has 0 heterocycles. The summed E-state index contributed by atoms with van der Waals surface area (Å²) in [5.41, 5.74) is 0.802. The van der Waals surface area contributed by atoms with E-state index in [9.17, 15) is 8.78 Å². The number of unbranched alkanes of at least 4 members (excludes halogenated alkanes) is 2. The fourth-order valence-electron chi connectivity index (χ4n) is 5.09. The average molecular weight is 436 g/mol. The van der Waals surface area contributed by atoms with Crippen LogP contribution in [-0.2, 0) is 0 Å². The molecule has 0 spiro atoms. The van der Waals surface area contributed by atoms with Crippen LogP contribution in [0.2, 0.25) is 0 Å². The van der Waals surface area contributed by atoms with Crippen LogP contribution in [0.1, 0.15) is 75.3 Å². The van der Waals surface area contributed by atoms with Crippen LogP contribution in [0.3, 0.4) is 0 Å². The smallest absolute Gasteiger partial charge is 0.144 e. The van der Waals surface area contributed by atoms with Crippen molar-refractivity contribution < 1.29 is 13.2 Å². The molecule has 4 heteroatoms. The molecule has 0 amide bonds. The van der Waals surface area contributed by atoms with Crippen molar-refractivity contribution in [3.05, 3.63) is 71.0 Å². The molecule has 3 aromatic rings. The Kier molecular flexibility index (Phi) is 6.84. The van der Waals surface area contributed by atoms with Crippen molar-refractivity contribution in [2.45, 2.75) is 64.2 Å². The lowest BCUT2D eigenvalue weighted by Gasteiger charge is -2.29. The predicted octanol–water partition coefficient (Wildman–Crippen LogP) is 8.65. The highest BCUT2D eigenvalue weighted by molar-refractivity contribution is 5.89. The van der Waals surface area contributed by atoms with E-state index in [0.717, 1.165) is 23.4 Å². The molecule has 4 rings (SSSR count). The summed E-state index contributed by atoms with van der Waals surface area (Å²) < 4.78 is 43.3. The summed E-state index contributed by atoms with van der Waals surface area (Å²) in [6.45, 7) is 2.24. The van der Waals surface area contributed by atoms with Crippen molar-refractivity contribution in [3.8, 4) is 17.2 Å². The lowest BCUT2D eigenvalue weighted by Crippen LogP contribution is -2.13. The Morgan fingerprint density at radius 1 is 0.906 bits per heavy atom. The molecular formula is C28H28F3N. The summed E-state index contributed by atoms with van der Waals surface area (Å²) in [5.74, 6) is -1.12. The lowest BCUT2D eigenvalue weighted by atomic mass is 9.76. The van der Waals surface area contributed by atoms with E-state index in [1.165, 1.54) is 63.0 Å². The van der Waals surface area contributed by atoms with Crippen LogP contribution in [-0.4, -0.2) is 0 Å². The van der Waals surface area contributed by atoms with Gasteiger partial charge in [0.15, 0.2) is 0 Å². The second kappa shape index (κ2) is 9.77. The molecule has 0 saturated heterocycles. The van der Waals surface area contributed by atoms with Crippen LogP contribution in [0.15, 0.2) is 42.5 Å². The maximum absolute atomic E-state index is 15.3. The summed E-state index contributed by atoms with van der Waals surface area (Å²) in [6, 6.07) is 12.7.